The van der Waals surface area contributed by atoms with Crippen LogP contribution in [-0.2, 0) is 4.74 Å². The molecule has 2 unspecified atom stereocenters. The molecule has 0 aromatic heterocycles. The second kappa shape index (κ2) is 1.44. The van der Waals surface area contributed by atoms with Gasteiger partial charge in [-0.15, -0.1) is 0 Å². The molecule has 0 aliphatic carbocycles. The zero-order valence-corrected chi connectivity index (χ0v) is 4.80. The van der Waals surface area contributed by atoms with E-state index in [1.165, 1.54) is 0 Å². The zero-order valence-electron chi connectivity index (χ0n) is 4.80. The molecule has 0 amide bonds. The molecular formula is C4H3F5O. The summed E-state index contributed by atoms with van der Waals surface area (Å²) in [5, 5.41) is 0. The Balaban J connectivity index is 2.78. The average molecular weight is 162 g/mol. The SMILES string of the molecule is CC1(F)OC1(F)C(F)(F)F. The fraction of sp³-hybridized carbons (Fsp3) is 1.00. The number of rotatable bonds is 0. The summed E-state index contributed by atoms with van der Waals surface area (Å²) in [5.74, 6) is -7.29. The van der Waals surface area contributed by atoms with Crippen molar-refractivity contribution in [2.45, 2.75) is 24.8 Å². The lowest BCUT2D eigenvalue weighted by Crippen LogP contribution is -2.32. The van der Waals surface area contributed by atoms with Crippen molar-refractivity contribution in [1.29, 1.82) is 0 Å². The largest absolute Gasteiger partial charge is 0.454 e. The van der Waals surface area contributed by atoms with Gasteiger partial charge in [0, 0.05) is 6.92 Å². The molecule has 1 aliphatic heterocycles. The zero-order chi connectivity index (χ0) is 8.21. The first-order chi connectivity index (χ1) is 4.21. The summed E-state index contributed by atoms with van der Waals surface area (Å²) >= 11 is 0. The van der Waals surface area contributed by atoms with Crippen molar-refractivity contribution in [1.82, 2.24) is 0 Å². The highest BCUT2D eigenvalue weighted by molar-refractivity contribution is 5.03. The van der Waals surface area contributed by atoms with Crippen molar-refractivity contribution < 1.29 is 26.7 Å². The van der Waals surface area contributed by atoms with E-state index in [-0.39, 0.29) is 0 Å². The van der Waals surface area contributed by atoms with Crippen LogP contribution in [0.15, 0.2) is 0 Å². The van der Waals surface area contributed by atoms with Gasteiger partial charge >= 0.3 is 12.0 Å². The minimum atomic E-state index is -5.28. The third-order valence-electron chi connectivity index (χ3n) is 1.23. The van der Waals surface area contributed by atoms with E-state index in [9.17, 15) is 22.0 Å². The molecule has 1 nitrogen and oxygen atoms in total. The summed E-state index contributed by atoms with van der Waals surface area (Å²) in [4.78, 5) is 0. The number of hydrogen-bond donors (Lipinski definition) is 0. The number of hydrogen-bond acceptors (Lipinski definition) is 1. The maximum Gasteiger partial charge on any atom is 0.454 e. The van der Waals surface area contributed by atoms with E-state index in [1.807, 2.05) is 0 Å². The second-order valence-corrected chi connectivity index (χ2v) is 2.11. The number of alkyl halides is 5. The lowest BCUT2D eigenvalue weighted by Gasteiger charge is -2.06. The van der Waals surface area contributed by atoms with E-state index in [0.29, 0.717) is 6.92 Å². The van der Waals surface area contributed by atoms with E-state index in [1.54, 1.807) is 0 Å². The van der Waals surface area contributed by atoms with E-state index in [4.69, 9.17) is 0 Å². The Bertz CT molecular complexity index is 162. The first kappa shape index (κ1) is 7.71. The van der Waals surface area contributed by atoms with Gasteiger partial charge in [-0.2, -0.15) is 17.6 Å². The van der Waals surface area contributed by atoms with Gasteiger partial charge in [0.15, 0.2) is 0 Å². The van der Waals surface area contributed by atoms with Crippen LogP contribution in [0.1, 0.15) is 6.92 Å². The van der Waals surface area contributed by atoms with Crippen LogP contribution >= 0.6 is 0 Å². The molecule has 0 aromatic rings. The fourth-order valence-electron chi connectivity index (χ4n) is 0.550. The first-order valence-electron chi connectivity index (χ1n) is 2.35. The molecule has 0 aromatic carbocycles. The molecule has 0 spiro atoms. The molecule has 0 radical (unpaired) electrons. The molecular weight excluding hydrogens is 159 g/mol. The Labute approximate surface area is 52.8 Å². The van der Waals surface area contributed by atoms with E-state index in [0.717, 1.165) is 0 Å². The van der Waals surface area contributed by atoms with Gasteiger partial charge in [-0.1, -0.05) is 0 Å². The molecule has 2 atom stereocenters. The third kappa shape index (κ3) is 0.712. The van der Waals surface area contributed by atoms with Crippen LogP contribution in [0.3, 0.4) is 0 Å². The fourth-order valence-corrected chi connectivity index (χ4v) is 0.550. The van der Waals surface area contributed by atoms with Crippen molar-refractivity contribution in [3.63, 3.8) is 0 Å². The molecule has 1 aliphatic rings. The Hall–Kier alpha value is -0.390. The van der Waals surface area contributed by atoms with Gasteiger partial charge < -0.3 is 0 Å². The van der Waals surface area contributed by atoms with Crippen LogP contribution in [0.5, 0.6) is 0 Å². The van der Waals surface area contributed by atoms with E-state index in [2.05, 4.69) is 4.74 Å². The van der Waals surface area contributed by atoms with Crippen LogP contribution in [0, 0.1) is 0 Å². The highest BCUT2D eigenvalue weighted by atomic mass is 19.4. The minimum absolute atomic E-state index is 0.389. The molecule has 1 rings (SSSR count). The number of ether oxygens (including phenoxy) is 1. The minimum Gasteiger partial charge on any atom is -0.292 e. The molecule has 1 fully saturated rings. The third-order valence-corrected chi connectivity index (χ3v) is 1.23. The molecule has 0 N–H and O–H groups in total. The molecule has 6 heteroatoms. The molecule has 0 saturated carbocycles. The predicted octanol–water partition coefficient (Wildman–Crippen LogP) is 1.93. The maximum atomic E-state index is 12.1. The summed E-state index contributed by atoms with van der Waals surface area (Å²) in [7, 11) is 0. The second-order valence-electron chi connectivity index (χ2n) is 2.11. The normalized spacial score (nSPS) is 47.4. The van der Waals surface area contributed by atoms with Gasteiger partial charge in [0.05, 0.1) is 0 Å². The lowest BCUT2D eigenvalue weighted by molar-refractivity contribution is -0.227. The topological polar surface area (TPSA) is 12.5 Å². The molecule has 60 valence electrons. The highest BCUT2D eigenvalue weighted by Gasteiger charge is 2.85. The van der Waals surface area contributed by atoms with E-state index < -0.39 is 17.9 Å². The average Bonchev–Trinajstić information content (AvgIpc) is 2.05. The van der Waals surface area contributed by atoms with Gasteiger partial charge in [0.25, 0.3) is 5.85 Å². The summed E-state index contributed by atoms with van der Waals surface area (Å²) in [5.41, 5.74) is 0. The Kier molecular flexibility index (Phi) is 1.11. The maximum absolute atomic E-state index is 12.1. The van der Waals surface area contributed by atoms with Gasteiger partial charge in [0.2, 0.25) is 0 Å². The standard InChI is InChI=1S/C4H3F5O/c1-2(5)3(6,10-2)4(7,8)9/h1H3. The van der Waals surface area contributed by atoms with Crippen molar-refractivity contribution in [3.05, 3.63) is 0 Å². The van der Waals surface area contributed by atoms with Gasteiger partial charge in [0.1, 0.15) is 0 Å². The van der Waals surface area contributed by atoms with Crippen LogP contribution in [-0.4, -0.2) is 17.9 Å². The smallest absolute Gasteiger partial charge is 0.292 e. The summed E-state index contributed by atoms with van der Waals surface area (Å²) < 4.78 is 61.4. The quantitative estimate of drug-likeness (QED) is 0.391. The molecule has 1 heterocycles. The van der Waals surface area contributed by atoms with Crippen LogP contribution in [0.25, 0.3) is 0 Å². The van der Waals surface area contributed by atoms with Gasteiger partial charge in [-0.05, 0) is 0 Å². The number of epoxide rings is 1. The summed E-state index contributed by atoms with van der Waals surface area (Å²) in [6.45, 7) is 0.389. The molecule has 0 bridgehead atoms. The van der Waals surface area contributed by atoms with Gasteiger partial charge in [-0.25, -0.2) is 4.39 Å². The van der Waals surface area contributed by atoms with Crippen molar-refractivity contribution in [2.24, 2.45) is 0 Å². The Morgan fingerprint density at radius 1 is 1.20 bits per heavy atom. The highest BCUT2D eigenvalue weighted by Crippen LogP contribution is 2.59. The Morgan fingerprint density at radius 3 is 1.50 bits per heavy atom. The van der Waals surface area contributed by atoms with Crippen LogP contribution < -0.4 is 0 Å². The van der Waals surface area contributed by atoms with Crippen LogP contribution in [0.2, 0.25) is 0 Å². The number of halogens is 5. The van der Waals surface area contributed by atoms with Crippen molar-refractivity contribution >= 4 is 0 Å². The predicted molar refractivity (Wildman–Crippen MR) is 20.5 cm³/mol. The van der Waals surface area contributed by atoms with Crippen molar-refractivity contribution in [2.75, 3.05) is 0 Å². The van der Waals surface area contributed by atoms with Crippen LogP contribution in [0.4, 0.5) is 22.0 Å². The van der Waals surface area contributed by atoms with Gasteiger partial charge in [-0.3, -0.25) is 4.74 Å². The molecule has 1 saturated heterocycles. The molecule has 10 heavy (non-hydrogen) atoms. The first-order valence-corrected chi connectivity index (χ1v) is 2.35. The lowest BCUT2D eigenvalue weighted by atomic mass is 10.3. The Morgan fingerprint density at radius 2 is 1.50 bits per heavy atom. The monoisotopic (exact) mass is 162 g/mol. The van der Waals surface area contributed by atoms with Crippen molar-refractivity contribution in [3.8, 4) is 0 Å². The van der Waals surface area contributed by atoms with E-state index >= 15 is 0 Å². The summed E-state index contributed by atoms with van der Waals surface area (Å²) in [6, 6.07) is 0. The summed E-state index contributed by atoms with van der Waals surface area (Å²) in [6.07, 6.45) is -5.28.